The molecule has 3 nitrogen and oxygen atoms in total. The van der Waals surface area contributed by atoms with E-state index in [1.54, 1.807) is 6.26 Å². The highest BCUT2D eigenvalue weighted by molar-refractivity contribution is 4.98. The van der Waals surface area contributed by atoms with Gasteiger partial charge in [-0.1, -0.05) is 0 Å². The van der Waals surface area contributed by atoms with Gasteiger partial charge >= 0.3 is 0 Å². The first kappa shape index (κ1) is 12.5. The van der Waals surface area contributed by atoms with Crippen LogP contribution in [0.4, 0.5) is 0 Å². The molecule has 1 aliphatic rings. The molecule has 0 bridgehead atoms. The largest absolute Gasteiger partial charge is 0.496 e. The van der Waals surface area contributed by atoms with Gasteiger partial charge in [-0.25, -0.2) is 0 Å². The average Bonchev–Trinajstić information content (AvgIpc) is 2.09. The first-order valence-electron chi connectivity index (χ1n) is 5.63. The van der Waals surface area contributed by atoms with Crippen molar-refractivity contribution in [2.75, 3.05) is 0 Å². The lowest BCUT2D eigenvalue weighted by Gasteiger charge is -2.34. The van der Waals surface area contributed by atoms with E-state index in [0.717, 1.165) is 0 Å². The fourth-order valence-electron chi connectivity index (χ4n) is 1.64. The van der Waals surface area contributed by atoms with E-state index in [9.17, 15) is 0 Å². The summed E-state index contributed by atoms with van der Waals surface area (Å²) in [6.45, 7) is 10.1. The molecular weight excluding hydrogens is 192 g/mol. The van der Waals surface area contributed by atoms with Gasteiger partial charge in [-0.05, 0) is 40.7 Å². The van der Waals surface area contributed by atoms with E-state index in [0.29, 0.717) is 0 Å². The molecule has 3 heteroatoms. The molecule has 0 amide bonds. The van der Waals surface area contributed by atoms with Gasteiger partial charge in [-0.2, -0.15) is 0 Å². The van der Waals surface area contributed by atoms with Gasteiger partial charge in [0.05, 0.1) is 18.5 Å². The van der Waals surface area contributed by atoms with Crippen molar-refractivity contribution in [1.29, 1.82) is 0 Å². The van der Waals surface area contributed by atoms with Crippen molar-refractivity contribution in [2.45, 2.75) is 65.1 Å². The zero-order valence-electron chi connectivity index (χ0n) is 10.3. The maximum atomic E-state index is 5.82. The average molecular weight is 214 g/mol. The fraction of sp³-hybridized carbons (Fsp3) is 0.833. The van der Waals surface area contributed by atoms with Crippen molar-refractivity contribution in [2.24, 2.45) is 0 Å². The van der Waals surface area contributed by atoms with Crippen molar-refractivity contribution in [3.05, 3.63) is 12.3 Å². The van der Waals surface area contributed by atoms with Crippen LogP contribution in [0.5, 0.6) is 0 Å². The predicted octanol–water partition coefficient (Wildman–Crippen LogP) is 2.51. The molecule has 88 valence electrons. The monoisotopic (exact) mass is 214 g/mol. The third-order valence-corrected chi connectivity index (χ3v) is 2.21. The number of hydrogen-bond donors (Lipinski definition) is 0. The molecule has 0 fully saturated rings. The molecule has 1 heterocycles. The van der Waals surface area contributed by atoms with E-state index in [1.807, 2.05) is 40.7 Å². The summed E-state index contributed by atoms with van der Waals surface area (Å²) in [6.07, 6.45) is 4.04. The molecule has 0 aromatic heterocycles. The van der Waals surface area contributed by atoms with Gasteiger partial charge in [0, 0.05) is 0 Å². The molecular formula is C12H22O3. The zero-order chi connectivity index (χ0) is 11.4. The SMILES string of the molecule is CC(C)O[C@H]1[C@@H](OC(C)C)C=CO[C@@H]1C. The zero-order valence-corrected chi connectivity index (χ0v) is 10.3. The van der Waals surface area contributed by atoms with Crippen LogP contribution in [0.1, 0.15) is 34.6 Å². The molecule has 0 aliphatic carbocycles. The minimum atomic E-state index is -0.0163. The maximum absolute atomic E-state index is 5.82. The highest BCUT2D eigenvalue weighted by Gasteiger charge is 2.32. The summed E-state index contributed by atoms with van der Waals surface area (Å²) in [4.78, 5) is 0. The van der Waals surface area contributed by atoms with Crippen LogP contribution in [0.15, 0.2) is 12.3 Å². The molecule has 1 rings (SSSR count). The Morgan fingerprint density at radius 1 is 1.07 bits per heavy atom. The highest BCUT2D eigenvalue weighted by Crippen LogP contribution is 2.20. The van der Waals surface area contributed by atoms with E-state index in [2.05, 4.69) is 0 Å². The van der Waals surface area contributed by atoms with Gasteiger partial charge in [-0.15, -0.1) is 0 Å². The Morgan fingerprint density at radius 3 is 2.20 bits per heavy atom. The van der Waals surface area contributed by atoms with Crippen molar-refractivity contribution >= 4 is 0 Å². The second kappa shape index (κ2) is 5.52. The van der Waals surface area contributed by atoms with Crippen LogP contribution in [0.2, 0.25) is 0 Å². The Bertz CT molecular complexity index is 211. The third kappa shape index (κ3) is 3.84. The Morgan fingerprint density at radius 2 is 1.67 bits per heavy atom. The smallest absolute Gasteiger partial charge is 0.124 e. The number of hydrogen-bond acceptors (Lipinski definition) is 3. The lowest BCUT2D eigenvalue weighted by Crippen LogP contribution is -2.44. The van der Waals surface area contributed by atoms with E-state index >= 15 is 0 Å². The second-order valence-electron chi connectivity index (χ2n) is 4.47. The molecule has 0 N–H and O–H groups in total. The summed E-state index contributed by atoms with van der Waals surface area (Å²) < 4.78 is 17.0. The number of ether oxygens (including phenoxy) is 3. The summed E-state index contributed by atoms with van der Waals surface area (Å²) in [5, 5.41) is 0. The van der Waals surface area contributed by atoms with E-state index in [4.69, 9.17) is 14.2 Å². The Balaban J connectivity index is 2.63. The summed E-state index contributed by atoms with van der Waals surface area (Å²) in [5.41, 5.74) is 0. The lowest BCUT2D eigenvalue weighted by atomic mass is 10.1. The Labute approximate surface area is 92.4 Å². The fourth-order valence-corrected chi connectivity index (χ4v) is 1.64. The summed E-state index contributed by atoms with van der Waals surface area (Å²) >= 11 is 0. The van der Waals surface area contributed by atoms with E-state index < -0.39 is 0 Å². The molecule has 15 heavy (non-hydrogen) atoms. The van der Waals surface area contributed by atoms with Gasteiger partial charge in [0.25, 0.3) is 0 Å². The van der Waals surface area contributed by atoms with Crippen LogP contribution in [-0.2, 0) is 14.2 Å². The van der Waals surface area contributed by atoms with Crippen molar-refractivity contribution in [3.8, 4) is 0 Å². The van der Waals surface area contributed by atoms with Crippen LogP contribution in [0, 0.1) is 0 Å². The molecule has 3 atom stereocenters. The van der Waals surface area contributed by atoms with E-state index in [-0.39, 0.29) is 30.5 Å². The van der Waals surface area contributed by atoms with Gasteiger partial charge in [-0.3, -0.25) is 0 Å². The quantitative estimate of drug-likeness (QED) is 0.719. The first-order valence-corrected chi connectivity index (χ1v) is 5.63. The van der Waals surface area contributed by atoms with Crippen molar-refractivity contribution in [3.63, 3.8) is 0 Å². The predicted molar refractivity (Wildman–Crippen MR) is 59.7 cm³/mol. The molecule has 0 aromatic carbocycles. The minimum Gasteiger partial charge on any atom is -0.496 e. The second-order valence-corrected chi connectivity index (χ2v) is 4.47. The molecule has 0 aromatic rings. The van der Waals surface area contributed by atoms with Crippen LogP contribution in [0.3, 0.4) is 0 Å². The van der Waals surface area contributed by atoms with Gasteiger partial charge in [0.1, 0.15) is 18.3 Å². The van der Waals surface area contributed by atoms with Gasteiger partial charge in [0.15, 0.2) is 0 Å². The summed E-state index contributed by atoms with van der Waals surface area (Å²) in [7, 11) is 0. The topological polar surface area (TPSA) is 27.7 Å². The minimum absolute atomic E-state index is 0.00356. The van der Waals surface area contributed by atoms with Gasteiger partial charge < -0.3 is 14.2 Å². The van der Waals surface area contributed by atoms with Crippen LogP contribution < -0.4 is 0 Å². The molecule has 0 radical (unpaired) electrons. The molecule has 0 saturated carbocycles. The summed E-state index contributed by atoms with van der Waals surface area (Å²) in [5.74, 6) is 0. The number of rotatable bonds is 4. The molecule has 1 aliphatic heterocycles. The van der Waals surface area contributed by atoms with Crippen molar-refractivity contribution < 1.29 is 14.2 Å². The molecule has 0 unspecified atom stereocenters. The lowest BCUT2D eigenvalue weighted by molar-refractivity contribution is -0.142. The van der Waals surface area contributed by atoms with Crippen molar-refractivity contribution in [1.82, 2.24) is 0 Å². The first-order chi connectivity index (χ1) is 7.00. The standard InChI is InChI=1S/C12H22O3/c1-8(2)14-11-6-7-13-10(5)12(11)15-9(3)4/h6-12H,1-5H3/t10-,11+,12-/m1/s1. The highest BCUT2D eigenvalue weighted by atomic mass is 16.6. The normalized spacial score (nSPS) is 31.0. The molecule has 0 spiro atoms. The molecule has 0 saturated heterocycles. The summed E-state index contributed by atoms with van der Waals surface area (Å²) in [6, 6.07) is 0. The van der Waals surface area contributed by atoms with Crippen LogP contribution >= 0.6 is 0 Å². The Kier molecular flexibility index (Phi) is 4.61. The van der Waals surface area contributed by atoms with Crippen LogP contribution in [0.25, 0.3) is 0 Å². The van der Waals surface area contributed by atoms with E-state index in [1.165, 1.54) is 0 Å². The third-order valence-electron chi connectivity index (χ3n) is 2.21. The van der Waals surface area contributed by atoms with Crippen LogP contribution in [-0.4, -0.2) is 30.5 Å². The maximum Gasteiger partial charge on any atom is 0.124 e. The van der Waals surface area contributed by atoms with Gasteiger partial charge in [0.2, 0.25) is 0 Å². The Hall–Kier alpha value is -0.540.